The molecule has 0 atom stereocenters. The fourth-order valence-corrected chi connectivity index (χ4v) is 4.70. The van der Waals surface area contributed by atoms with Gasteiger partial charge in [-0.1, -0.05) is 19.9 Å². The van der Waals surface area contributed by atoms with Gasteiger partial charge in [0.25, 0.3) is 0 Å². The summed E-state index contributed by atoms with van der Waals surface area (Å²) in [5.41, 5.74) is 6.29. The summed E-state index contributed by atoms with van der Waals surface area (Å²) in [5, 5.41) is 11.4. The molecule has 0 saturated heterocycles. The molecule has 0 radical (unpaired) electrons. The highest BCUT2D eigenvalue weighted by atomic mass is 19.1. The third-order valence-electron chi connectivity index (χ3n) is 6.52. The average molecular weight is 536 g/mol. The fraction of sp³-hybridized carbons (Fsp3) is 0.167. The lowest BCUT2D eigenvalue weighted by atomic mass is 10.0. The molecule has 0 aliphatic rings. The molecule has 0 bridgehead atoms. The quantitative estimate of drug-likeness (QED) is 0.219. The lowest BCUT2D eigenvalue weighted by Gasteiger charge is -2.09. The lowest BCUT2D eigenvalue weighted by molar-refractivity contribution is -0.116. The standard InChI is InChI=1S/C30H26FN7O2/c1-16(2)8-26(39)34-21-10-19(14-32-15-21)17-4-5-24-23(12-17)28(38-37-24)30-35-25-6-7-33-27(29(25)36-30)18-9-20(31)13-22(11-18)40-3/h4-7,9-16H,8H2,1-3H3,(H,34,39)(H,35,36)(H,37,38). The molecule has 3 N–H and O–H groups in total. The first-order valence-corrected chi connectivity index (χ1v) is 12.8. The van der Waals surface area contributed by atoms with Crippen LogP contribution in [0.25, 0.3) is 55.8 Å². The fourth-order valence-electron chi connectivity index (χ4n) is 4.70. The number of nitrogens with zero attached hydrogens (tertiary/aromatic N) is 4. The number of H-pyrrole nitrogens is 2. The summed E-state index contributed by atoms with van der Waals surface area (Å²) in [4.78, 5) is 29.2. The molecule has 4 heterocycles. The summed E-state index contributed by atoms with van der Waals surface area (Å²) >= 11 is 0. The van der Waals surface area contributed by atoms with E-state index in [9.17, 15) is 9.18 Å². The van der Waals surface area contributed by atoms with Crippen LogP contribution in [0.4, 0.5) is 10.1 Å². The number of amides is 1. The van der Waals surface area contributed by atoms with E-state index in [-0.39, 0.29) is 11.8 Å². The van der Waals surface area contributed by atoms with Crippen LogP contribution in [0.5, 0.6) is 5.75 Å². The van der Waals surface area contributed by atoms with Gasteiger partial charge in [0.1, 0.15) is 22.8 Å². The minimum atomic E-state index is -0.423. The van der Waals surface area contributed by atoms with Crippen molar-refractivity contribution in [3.8, 4) is 39.7 Å². The minimum Gasteiger partial charge on any atom is -0.497 e. The van der Waals surface area contributed by atoms with Crippen molar-refractivity contribution in [2.45, 2.75) is 20.3 Å². The number of aromatic amines is 2. The molecule has 4 aromatic heterocycles. The molecule has 0 unspecified atom stereocenters. The van der Waals surface area contributed by atoms with Crippen molar-refractivity contribution in [3.63, 3.8) is 0 Å². The number of aromatic nitrogens is 6. The number of carbonyl (C=O) groups is 1. The van der Waals surface area contributed by atoms with E-state index in [4.69, 9.17) is 9.72 Å². The zero-order chi connectivity index (χ0) is 27.8. The summed E-state index contributed by atoms with van der Waals surface area (Å²) in [6.07, 6.45) is 5.48. The Bertz CT molecular complexity index is 1880. The SMILES string of the molecule is COc1cc(F)cc(-c2nccc3[nH]c(-c4n[nH]c5ccc(-c6cncc(NC(=O)CC(C)C)c6)cc45)nc23)c1. The van der Waals surface area contributed by atoms with Gasteiger partial charge in [0.15, 0.2) is 5.82 Å². The highest BCUT2D eigenvalue weighted by Crippen LogP contribution is 2.33. The van der Waals surface area contributed by atoms with Crippen LogP contribution in [0.15, 0.2) is 67.1 Å². The van der Waals surface area contributed by atoms with Crippen LogP contribution in [0.2, 0.25) is 0 Å². The van der Waals surface area contributed by atoms with Gasteiger partial charge in [-0.15, -0.1) is 0 Å². The van der Waals surface area contributed by atoms with Crippen molar-refractivity contribution in [1.29, 1.82) is 0 Å². The molecule has 0 saturated carbocycles. The summed E-state index contributed by atoms with van der Waals surface area (Å²) in [7, 11) is 1.49. The minimum absolute atomic E-state index is 0.0445. The van der Waals surface area contributed by atoms with E-state index in [0.717, 1.165) is 27.5 Å². The first-order valence-electron chi connectivity index (χ1n) is 12.8. The number of rotatable bonds is 7. The molecule has 10 heteroatoms. The Morgan fingerprint density at radius 2 is 1.88 bits per heavy atom. The van der Waals surface area contributed by atoms with Gasteiger partial charge in [0, 0.05) is 41.4 Å². The molecule has 200 valence electrons. The second kappa shape index (κ2) is 10.2. The van der Waals surface area contributed by atoms with Gasteiger partial charge >= 0.3 is 0 Å². The first kappa shape index (κ1) is 25.2. The molecule has 0 aliphatic carbocycles. The number of halogens is 1. The third-order valence-corrected chi connectivity index (χ3v) is 6.52. The van der Waals surface area contributed by atoms with E-state index in [0.29, 0.717) is 46.2 Å². The maximum absolute atomic E-state index is 14.2. The average Bonchev–Trinajstić information content (AvgIpc) is 3.56. The topological polar surface area (TPSA) is 121 Å². The van der Waals surface area contributed by atoms with E-state index in [1.165, 1.54) is 19.2 Å². The number of nitrogens with one attached hydrogen (secondary N) is 3. The molecule has 6 aromatic rings. The Morgan fingerprint density at radius 3 is 2.70 bits per heavy atom. The number of carbonyl (C=O) groups excluding carboxylic acids is 1. The predicted octanol–water partition coefficient (Wildman–Crippen LogP) is 6.36. The summed E-state index contributed by atoms with van der Waals surface area (Å²) in [5.74, 6) is 0.738. The number of anilines is 1. The third kappa shape index (κ3) is 4.86. The van der Waals surface area contributed by atoms with Gasteiger partial charge in [-0.05, 0) is 47.9 Å². The Morgan fingerprint density at radius 1 is 1.00 bits per heavy atom. The highest BCUT2D eigenvalue weighted by molar-refractivity contribution is 5.98. The molecule has 0 fully saturated rings. The van der Waals surface area contributed by atoms with E-state index >= 15 is 0 Å². The number of imidazole rings is 1. The molecule has 2 aromatic carbocycles. The Labute approximate surface area is 228 Å². The molecular weight excluding hydrogens is 509 g/mol. The molecule has 40 heavy (non-hydrogen) atoms. The van der Waals surface area contributed by atoms with Crippen molar-refractivity contribution < 1.29 is 13.9 Å². The van der Waals surface area contributed by atoms with Gasteiger partial charge in [-0.2, -0.15) is 5.10 Å². The summed E-state index contributed by atoms with van der Waals surface area (Å²) in [6, 6.07) is 14.1. The molecule has 9 nitrogen and oxygen atoms in total. The Balaban J connectivity index is 1.38. The normalized spacial score (nSPS) is 11.4. The van der Waals surface area contributed by atoms with E-state index < -0.39 is 5.82 Å². The van der Waals surface area contributed by atoms with Gasteiger partial charge < -0.3 is 15.0 Å². The largest absolute Gasteiger partial charge is 0.497 e. The number of benzene rings is 2. The molecule has 6 rings (SSSR count). The molecule has 1 amide bonds. The maximum atomic E-state index is 14.2. The van der Waals surface area contributed by atoms with Crippen molar-refractivity contribution in [2.24, 2.45) is 5.92 Å². The van der Waals surface area contributed by atoms with Crippen LogP contribution in [-0.2, 0) is 4.79 Å². The Kier molecular flexibility index (Phi) is 6.43. The molecule has 0 aliphatic heterocycles. The van der Waals surface area contributed by atoms with Crippen LogP contribution in [0, 0.1) is 11.7 Å². The van der Waals surface area contributed by atoms with Crippen molar-refractivity contribution in [2.75, 3.05) is 12.4 Å². The van der Waals surface area contributed by atoms with Gasteiger partial charge in [0.05, 0.1) is 35.7 Å². The number of hydrogen-bond donors (Lipinski definition) is 3. The number of ether oxygens (including phenoxy) is 1. The smallest absolute Gasteiger partial charge is 0.224 e. The predicted molar refractivity (Wildman–Crippen MR) is 152 cm³/mol. The maximum Gasteiger partial charge on any atom is 0.224 e. The molecule has 0 spiro atoms. The zero-order valence-electron chi connectivity index (χ0n) is 22.1. The van der Waals surface area contributed by atoms with E-state index in [1.54, 1.807) is 24.7 Å². The lowest BCUT2D eigenvalue weighted by Crippen LogP contribution is -2.13. The van der Waals surface area contributed by atoms with E-state index in [1.807, 2.05) is 44.2 Å². The van der Waals surface area contributed by atoms with Crippen LogP contribution in [0.1, 0.15) is 20.3 Å². The number of hydrogen-bond acceptors (Lipinski definition) is 6. The van der Waals surface area contributed by atoms with E-state index in [2.05, 4.69) is 30.5 Å². The van der Waals surface area contributed by atoms with Crippen LogP contribution in [-0.4, -0.2) is 43.2 Å². The van der Waals surface area contributed by atoms with Crippen molar-refractivity contribution in [1.82, 2.24) is 30.1 Å². The summed E-state index contributed by atoms with van der Waals surface area (Å²) in [6.45, 7) is 4.01. The molecular formula is C30H26FN7O2. The monoisotopic (exact) mass is 535 g/mol. The number of fused-ring (bicyclic) bond motifs is 2. The van der Waals surface area contributed by atoms with Gasteiger partial charge in [0.2, 0.25) is 5.91 Å². The van der Waals surface area contributed by atoms with Gasteiger partial charge in [-0.25, -0.2) is 9.37 Å². The van der Waals surface area contributed by atoms with Crippen LogP contribution in [0.3, 0.4) is 0 Å². The van der Waals surface area contributed by atoms with Gasteiger partial charge in [-0.3, -0.25) is 19.9 Å². The van der Waals surface area contributed by atoms with Crippen LogP contribution >= 0.6 is 0 Å². The zero-order valence-corrected chi connectivity index (χ0v) is 22.1. The number of pyridine rings is 2. The number of methoxy groups -OCH3 is 1. The second-order valence-electron chi connectivity index (χ2n) is 9.96. The first-order chi connectivity index (χ1) is 19.4. The van der Waals surface area contributed by atoms with Crippen molar-refractivity contribution in [3.05, 3.63) is 72.9 Å². The summed E-state index contributed by atoms with van der Waals surface area (Å²) < 4.78 is 19.5. The Hall–Kier alpha value is -5.12. The highest BCUT2D eigenvalue weighted by Gasteiger charge is 2.17. The second-order valence-corrected chi connectivity index (χ2v) is 9.96. The van der Waals surface area contributed by atoms with Crippen LogP contribution < -0.4 is 10.1 Å². The van der Waals surface area contributed by atoms with Crippen molar-refractivity contribution >= 4 is 33.5 Å².